The number of nitrogens with two attached hydrogens (primary N) is 1. The van der Waals surface area contributed by atoms with E-state index < -0.39 is 5.41 Å². The van der Waals surface area contributed by atoms with Crippen LogP contribution in [0, 0.1) is 11.3 Å². The molecular weight excluding hydrogens is 244 g/mol. The summed E-state index contributed by atoms with van der Waals surface area (Å²) < 4.78 is 0. The highest BCUT2D eigenvalue weighted by Gasteiger charge is 2.37. The van der Waals surface area contributed by atoms with Crippen LogP contribution in [0.3, 0.4) is 0 Å². The number of rotatable bonds is 5. The van der Waals surface area contributed by atoms with Crippen molar-refractivity contribution in [3.05, 3.63) is 0 Å². The molecule has 0 aromatic heterocycles. The van der Waals surface area contributed by atoms with Crippen LogP contribution >= 0.6 is 12.2 Å². The summed E-state index contributed by atoms with van der Waals surface area (Å²) in [6.45, 7) is 4.66. The molecule has 0 aromatic rings. The molecule has 3 nitrogen and oxygen atoms in total. The van der Waals surface area contributed by atoms with Gasteiger partial charge in [0.1, 0.15) is 0 Å². The topological polar surface area (TPSA) is 46.3 Å². The molecule has 1 aliphatic carbocycles. The van der Waals surface area contributed by atoms with Crippen LogP contribution in [0.25, 0.3) is 0 Å². The third-order valence-corrected chi connectivity index (χ3v) is 4.78. The van der Waals surface area contributed by atoms with E-state index in [9.17, 15) is 4.79 Å². The lowest BCUT2D eigenvalue weighted by atomic mass is 9.84. The zero-order valence-corrected chi connectivity index (χ0v) is 12.7. The molecule has 1 atom stereocenters. The number of carbonyl (C=O) groups is 1. The minimum atomic E-state index is -0.682. The predicted molar refractivity (Wildman–Crippen MR) is 79.4 cm³/mol. The minimum Gasteiger partial charge on any atom is -0.392 e. The van der Waals surface area contributed by atoms with E-state index in [2.05, 4.69) is 0 Å². The van der Waals surface area contributed by atoms with Crippen molar-refractivity contribution in [2.45, 2.75) is 52.4 Å². The Labute approximate surface area is 116 Å². The Kier molecular flexibility index (Phi) is 5.57. The van der Waals surface area contributed by atoms with Gasteiger partial charge in [-0.1, -0.05) is 38.4 Å². The summed E-state index contributed by atoms with van der Waals surface area (Å²) in [5, 5.41) is 0. The molecular formula is C14H26N2OS. The van der Waals surface area contributed by atoms with Gasteiger partial charge in [0.2, 0.25) is 5.91 Å². The standard InChI is InChI=1S/C14H26N2OS/c1-4-14(2,12(15)18)13(17)16(3)10-11-8-6-5-7-9-11/h11H,4-10H2,1-3H3,(H2,15,18). The molecule has 4 heteroatoms. The van der Waals surface area contributed by atoms with Crippen molar-refractivity contribution in [1.29, 1.82) is 0 Å². The van der Waals surface area contributed by atoms with Crippen molar-refractivity contribution in [3.63, 3.8) is 0 Å². The Morgan fingerprint density at radius 3 is 2.39 bits per heavy atom. The SMILES string of the molecule is CCC(C)(C(=O)N(C)CC1CCCCC1)C(N)=S. The summed E-state index contributed by atoms with van der Waals surface area (Å²) in [5.74, 6) is 0.725. The van der Waals surface area contributed by atoms with Crippen LogP contribution in [0.4, 0.5) is 0 Å². The summed E-state index contributed by atoms with van der Waals surface area (Å²) in [6, 6.07) is 0. The Balaban J connectivity index is 2.61. The lowest BCUT2D eigenvalue weighted by molar-refractivity contribution is -0.137. The van der Waals surface area contributed by atoms with Gasteiger partial charge in [0, 0.05) is 13.6 Å². The minimum absolute atomic E-state index is 0.0723. The third kappa shape index (κ3) is 3.44. The van der Waals surface area contributed by atoms with Gasteiger partial charge in [0.25, 0.3) is 0 Å². The summed E-state index contributed by atoms with van der Waals surface area (Å²) in [4.78, 5) is 14.6. The van der Waals surface area contributed by atoms with E-state index in [1.54, 1.807) is 0 Å². The number of nitrogens with zero attached hydrogens (tertiary/aromatic N) is 1. The van der Waals surface area contributed by atoms with Gasteiger partial charge in [-0.3, -0.25) is 4.79 Å². The molecule has 2 N–H and O–H groups in total. The molecule has 104 valence electrons. The lowest BCUT2D eigenvalue weighted by Crippen LogP contribution is -2.48. The number of carbonyl (C=O) groups excluding carboxylic acids is 1. The summed E-state index contributed by atoms with van der Waals surface area (Å²) in [7, 11) is 1.88. The van der Waals surface area contributed by atoms with Gasteiger partial charge in [-0.05, 0) is 32.1 Å². The maximum absolute atomic E-state index is 12.5. The quantitative estimate of drug-likeness (QED) is 0.781. The van der Waals surface area contributed by atoms with Crippen LogP contribution in [0.1, 0.15) is 52.4 Å². The lowest BCUT2D eigenvalue weighted by Gasteiger charge is -2.33. The molecule has 0 heterocycles. The number of hydrogen-bond donors (Lipinski definition) is 1. The van der Waals surface area contributed by atoms with Crippen molar-refractivity contribution >= 4 is 23.1 Å². The molecule has 0 saturated heterocycles. The average molecular weight is 270 g/mol. The van der Waals surface area contributed by atoms with Crippen molar-refractivity contribution in [3.8, 4) is 0 Å². The monoisotopic (exact) mass is 270 g/mol. The number of hydrogen-bond acceptors (Lipinski definition) is 2. The zero-order valence-electron chi connectivity index (χ0n) is 11.9. The Hall–Kier alpha value is -0.640. The zero-order chi connectivity index (χ0) is 13.8. The third-order valence-electron chi connectivity index (χ3n) is 4.33. The first-order valence-corrected chi connectivity index (χ1v) is 7.38. The van der Waals surface area contributed by atoms with E-state index in [0.717, 1.165) is 6.54 Å². The fourth-order valence-corrected chi connectivity index (χ4v) is 2.92. The molecule has 1 aliphatic rings. The van der Waals surface area contributed by atoms with Crippen LogP contribution in [-0.2, 0) is 4.79 Å². The van der Waals surface area contributed by atoms with Gasteiger partial charge in [-0.2, -0.15) is 0 Å². The molecule has 0 bridgehead atoms. The summed E-state index contributed by atoms with van der Waals surface area (Å²) >= 11 is 5.06. The van der Waals surface area contributed by atoms with Gasteiger partial charge in [0.05, 0.1) is 10.4 Å². The first-order valence-electron chi connectivity index (χ1n) is 6.97. The Bertz CT molecular complexity index is 313. The largest absolute Gasteiger partial charge is 0.392 e. The molecule has 0 spiro atoms. The van der Waals surface area contributed by atoms with E-state index in [-0.39, 0.29) is 5.91 Å². The van der Waals surface area contributed by atoms with Crippen LogP contribution < -0.4 is 5.73 Å². The fourth-order valence-electron chi connectivity index (χ4n) is 2.69. The van der Waals surface area contributed by atoms with Crippen LogP contribution in [0.2, 0.25) is 0 Å². The van der Waals surface area contributed by atoms with Crippen LogP contribution in [0.15, 0.2) is 0 Å². The van der Waals surface area contributed by atoms with Crippen molar-refractivity contribution in [1.82, 2.24) is 4.90 Å². The predicted octanol–water partition coefficient (Wildman–Crippen LogP) is 2.73. The van der Waals surface area contributed by atoms with Crippen LogP contribution in [0.5, 0.6) is 0 Å². The van der Waals surface area contributed by atoms with Gasteiger partial charge in [0.15, 0.2) is 0 Å². The normalized spacial score (nSPS) is 20.2. The molecule has 1 amide bonds. The first-order chi connectivity index (χ1) is 8.41. The summed E-state index contributed by atoms with van der Waals surface area (Å²) in [5.41, 5.74) is 5.06. The maximum Gasteiger partial charge on any atom is 0.235 e. The second-order valence-electron chi connectivity index (χ2n) is 5.74. The van der Waals surface area contributed by atoms with E-state index in [1.165, 1.54) is 32.1 Å². The van der Waals surface area contributed by atoms with Crippen LogP contribution in [-0.4, -0.2) is 29.4 Å². The summed E-state index contributed by atoms with van der Waals surface area (Å²) in [6.07, 6.45) is 7.09. The Morgan fingerprint density at radius 2 is 1.94 bits per heavy atom. The Morgan fingerprint density at radius 1 is 1.39 bits per heavy atom. The van der Waals surface area contributed by atoms with Crippen molar-refractivity contribution in [2.24, 2.45) is 17.1 Å². The molecule has 18 heavy (non-hydrogen) atoms. The maximum atomic E-state index is 12.5. The molecule has 1 fully saturated rings. The van der Waals surface area contributed by atoms with Crippen molar-refractivity contribution in [2.75, 3.05) is 13.6 Å². The van der Waals surface area contributed by atoms with E-state index in [0.29, 0.717) is 17.3 Å². The highest BCUT2D eigenvalue weighted by Crippen LogP contribution is 2.28. The fraction of sp³-hybridized carbons (Fsp3) is 0.857. The molecule has 0 aromatic carbocycles. The highest BCUT2D eigenvalue weighted by atomic mass is 32.1. The van der Waals surface area contributed by atoms with Crippen molar-refractivity contribution < 1.29 is 4.79 Å². The first kappa shape index (κ1) is 15.4. The van der Waals surface area contributed by atoms with Gasteiger partial charge < -0.3 is 10.6 Å². The van der Waals surface area contributed by atoms with E-state index in [4.69, 9.17) is 18.0 Å². The van der Waals surface area contributed by atoms with E-state index in [1.807, 2.05) is 25.8 Å². The number of thiocarbonyl (C=S) groups is 1. The number of amides is 1. The molecule has 0 radical (unpaired) electrons. The molecule has 1 rings (SSSR count). The molecule has 1 saturated carbocycles. The average Bonchev–Trinajstić information content (AvgIpc) is 2.37. The van der Waals surface area contributed by atoms with Gasteiger partial charge in [-0.25, -0.2) is 0 Å². The van der Waals surface area contributed by atoms with Gasteiger partial charge >= 0.3 is 0 Å². The smallest absolute Gasteiger partial charge is 0.235 e. The van der Waals surface area contributed by atoms with E-state index >= 15 is 0 Å². The molecule has 0 aliphatic heterocycles. The highest BCUT2D eigenvalue weighted by molar-refractivity contribution is 7.80. The second kappa shape index (κ2) is 6.50. The molecule has 1 unspecified atom stereocenters. The van der Waals surface area contributed by atoms with Gasteiger partial charge in [-0.15, -0.1) is 0 Å². The second-order valence-corrected chi connectivity index (χ2v) is 6.18.